The molecule has 31 heavy (non-hydrogen) atoms. The van der Waals surface area contributed by atoms with E-state index in [2.05, 4.69) is 11.2 Å². The van der Waals surface area contributed by atoms with Crippen molar-refractivity contribution in [3.8, 4) is 11.5 Å². The molecule has 1 fully saturated rings. The first-order chi connectivity index (χ1) is 15.1. The minimum atomic E-state index is -0.384. The zero-order valence-corrected chi connectivity index (χ0v) is 17.8. The van der Waals surface area contributed by atoms with Gasteiger partial charge in [-0.25, -0.2) is 0 Å². The number of amides is 1. The van der Waals surface area contributed by atoms with Gasteiger partial charge in [0, 0.05) is 18.5 Å². The molecule has 0 atom stereocenters. The van der Waals surface area contributed by atoms with Gasteiger partial charge < -0.3 is 23.6 Å². The second-order valence-corrected chi connectivity index (χ2v) is 8.14. The highest BCUT2D eigenvalue weighted by Gasteiger charge is 2.42. The number of nitrogens with zero attached hydrogens (tertiary/aromatic N) is 2. The van der Waals surface area contributed by atoms with E-state index in [1.54, 1.807) is 14.2 Å². The minimum absolute atomic E-state index is 0.0669. The molecule has 5 rings (SSSR count). The number of ether oxygens (including phenoxy) is 3. The van der Waals surface area contributed by atoms with Crippen LogP contribution in [0.5, 0.6) is 11.5 Å². The Kier molecular flexibility index (Phi) is 5.06. The number of hydrogen-bond donors (Lipinski definition) is 0. The second kappa shape index (κ2) is 7.89. The number of carbonyl (C=O) groups is 1. The number of carbonyl (C=O) groups excluding carboxylic acids is 1. The molecule has 3 heterocycles. The van der Waals surface area contributed by atoms with Gasteiger partial charge in [0.15, 0.2) is 17.1 Å². The van der Waals surface area contributed by atoms with Crippen molar-refractivity contribution in [2.45, 2.75) is 31.3 Å². The number of fused-ring (bicyclic) bond motifs is 3. The molecule has 0 aliphatic carbocycles. The van der Waals surface area contributed by atoms with E-state index in [-0.39, 0.29) is 17.9 Å². The lowest BCUT2D eigenvalue weighted by Gasteiger charge is -2.45. The smallest absolute Gasteiger partial charge is 0.228 e. The van der Waals surface area contributed by atoms with Gasteiger partial charge in [0.1, 0.15) is 5.69 Å². The van der Waals surface area contributed by atoms with Crippen LogP contribution in [0.2, 0.25) is 0 Å². The van der Waals surface area contributed by atoms with E-state index >= 15 is 0 Å². The highest BCUT2D eigenvalue weighted by Crippen LogP contribution is 2.45. The number of benzene rings is 2. The van der Waals surface area contributed by atoms with Gasteiger partial charge in [-0.2, -0.15) is 0 Å². The van der Waals surface area contributed by atoms with E-state index in [1.807, 2.05) is 35.2 Å². The van der Waals surface area contributed by atoms with Crippen LogP contribution in [0.4, 0.5) is 0 Å². The van der Waals surface area contributed by atoms with Crippen molar-refractivity contribution in [1.29, 1.82) is 0 Å². The van der Waals surface area contributed by atoms with Crippen molar-refractivity contribution < 1.29 is 23.5 Å². The summed E-state index contributed by atoms with van der Waals surface area (Å²) in [5, 5.41) is 5.00. The number of aromatic nitrogens is 1. The molecule has 2 aliphatic rings. The molecule has 7 heteroatoms. The first-order valence-corrected chi connectivity index (χ1v) is 10.6. The van der Waals surface area contributed by atoms with Crippen LogP contribution in [0.25, 0.3) is 11.0 Å². The fourth-order valence-corrected chi connectivity index (χ4v) is 4.84. The average molecular weight is 422 g/mol. The summed E-state index contributed by atoms with van der Waals surface area (Å²) < 4.78 is 22.7. The number of hydrogen-bond acceptors (Lipinski definition) is 6. The Labute approximate surface area is 180 Å². The third-order valence-electron chi connectivity index (χ3n) is 6.54. The molecule has 0 saturated carbocycles. The van der Waals surface area contributed by atoms with Crippen LogP contribution in [0.3, 0.4) is 0 Å². The SMILES string of the molecule is COc1cc2c(cc1OC)C1(CCN(C(=O)Cc3noc4ccccc34)CC1)OCC2. The Morgan fingerprint density at radius 3 is 2.65 bits per heavy atom. The van der Waals surface area contributed by atoms with E-state index in [4.69, 9.17) is 18.7 Å². The number of likely N-dealkylation sites (tertiary alicyclic amines) is 1. The molecule has 2 aliphatic heterocycles. The van der Waals surface area contributed by atoms with Gasteiger partial charge in [-0.3, -0.25) is 4.79 Å². The minimum Gasteiger partial charge on any atom is -0.493 e. The van der Waals surface area contributed by atoms with E-state index in [0.717, 1.165) is 36.0 Å². The highest BCUT2D eigenvalue weighted by atomic mass is 16.5. The number of rotatable bonds is 4. The Morgan fingerprint density at radius 2 is 1.87 bits per heavy atom. The van der Waals surface area contributed by atoms with E-state index in [1.165, 1.54) is 5.56 Å². The van der Waals surface area contributed by atoms with Gasteiger partial charge in [-0.05, 0) is 54.7 Å². The summed E-state index contributed by atoms with van der Waals surface area (Å²) in [6.45, 7) is 1.95. The molecule has 1 spiro atoms. The standard InChI is InChI=1S/C24H26N2O5/c1-28-21-13-16-7-12-30-24(18(16)14-22(21)29-2)8-10-26(11-9-24)23(27)15-19-17-5-3-4-6-20(17)31-25-19/h3-6,13-14H,7-12,15H2,1-2H3. The lowest BCUT2D eigenvalue weighted by Crippen LogP contribution is -2.48. The van der Waals surface area contributed by atoms with Crippen LogP contribution >= 0.6 is 0 Å². The molecule has 0 bridgehead atoms. The molecule has 1 amide bonds. The summed E-state index contributed by atoms with van der Waals surface area (Å²) >= 11 is 0. The Balaban J connectivity index is 1.33. The summed E-state index contributed by atoms with van der Waals surface area (Å²) in [6, 6.07) is 11.7. The van der Waals surface area contributed by atoms with Crippen molar-refractivity contribution in [3.63, 3.8) is 0 Å². The van der Waals surface area contributed by atoms with Gasteiger partial charge in [0.2, 0.25) is 5.91 Å². The van der Waals surface area contributed by atoms with Crippen molar-refractivity contribution in [3.05, 3.63) is 53.2 Å². The zero-order valence-electron chi connectivity index (χ0n) is 17.8. The Bertz CT molecular complexity index is 1110. The van der Waals surface area contributed by atoms with E-state index < -0.39 is 0 Å². The van der Waals surface area contributed by atoms with Crippen LogP contribution < -0.4 is 9.47 Å². The van der Waals surface area contributed by atoms with Gasteiger partial charge in [-0.1, -0.05) is 17.3 Å². The molecular formula is C24H26N2O5. The molecule has 7 nitrogen and oxygen atoms in total. The predicted molar refractivity (Wildman–Crippen MR) is 114 cm³/mol. The fourth-order valence-electron chi connectivity index (χ4n) is 4.84. The van der Waals surface area contributed by atoms with E-state index in [0.29, 0.717) is 36.7 Å². The van der Waals surface area contributed by atoms with Gasteiger partial charge in [0.25, 0.3) is 0 Å². The number of para-hydroxylation sites is 1. The van der Waals surface area contributed by atoms with Crippen molar-refractivity contribution in [2.24, 2.45) is 0 Å². The quantitative estimate of drug-likeness (QED) is 0.641. The maximum absolute atomic E-state index is 13.0. The van der Waals surface area contributed by atoms with Crippen LogP contribution in [0.15, 0.2) is 40.9 Å². The van der Waals surface area contributed by atoms with Crippen LogP contribution in [0, 0.1) is 0 Å². The summed E-state index contributed by atoms with van der Waals surface area (Å²) in [5.41, 5.74) is 3.41. The summed E-state index contributed by atoms with van der Waals surface area (Å²) in [4.78, 5) is 14.9. The maximum Gasteiger partial charge on any atom is 0.228 e. The lowest BCUT2D eigenvalue weighted by molar-refractivity contribution is -0.140. The summed E-state index contributed by atoms with van der Waals surface area (Å²) in [6.07, 6.45) is 2.59. The molecule has 1 saturated heterocycles. The molecule has 2 aromatic carbocycles. The summed E-state index contributed by atoms with van der Waals surface area (Å²) in [7, 11) is 3.30. The van der Waals surface area contributed by atoms with Gasteiger partial charge in [-0.15, -0.1) is 0 Å². The van der Waals surface area contributed by atoms with Gasteiger partial charge in [0.05, 0.1) is 32.8 Å². The molecular weight excluding hydrogens is 396 g/mol. The molecule has 1 aromatic heterocycles. The van der Waals surface area contributed by atoms with Crippen molar-refractivity contribution in [1.82, 2.24) is 10.1 Å². The first kappa shape index (κ1) is 19.9. The largest absolute Gasteiger partial charge is 0.493 e. The van der Waals surface area contributed by atoms with Crippen LogP contribution in [0.1, 0.15) is 29.7 Å². The summed E-state index contributed by atoms with van der Waals surface area (Å²) in [5.74, 6) is 1.52. The predicted octanol–water partition coefficient (Wildman–Crippen LogP) is 3.48. The van der Waals surface area contributed by atoms with Crippen molar-refractivity contribution >= 4 is 16.9 Å². The highest BCUT2D eigenvalue weighted by molar-refractivity contribution is 5.86. The normalized spacial score (nSPS) is 17.5. The van der Waals surface area contributed by atoms with Crippen LogP contribution in [-0.4, -0.2) is 49.9 Å². The second-order valence-electron chi connectivity index (χ2n) is 8.14. The average Bonchev–Trinajstić information content (AvgIpc) is 3.21. The molecule has 0 radical (unpaired) electrons. The monoisotopic (exact) mass is 422 g/mol. The zero-order chi connectivity index (χ0) is 21.4. The lowest BCUT2D eigenvalue weighted by atomic mass is 9.79. The van der Waals surface area contributed by atoms with Gasteiger partial charge >= 0.3 is 0 Å². The topological polar surface area (TPSA) is 74.0 Å². The fraction of sp³-hybridized carbons (Fsp3) is 0.417. The molecule has 3 aromatic rings. The molecule has 0 N–H and O–H groups in total. The number of piperidine rings is 1. The third-order valence-corrected chi connectivity index (χ3v) is 6.54. The third kappa shape index (κ3) is 3.43. The molecule has 162 valence electrons. The number of methoxy groups -OCH3 is 2. The Hall–Kier alpha value is -3.06. The first-order valence-electron chi connectivity index (χ1n) is 10.6. The molecule has 0 unspecified atom stereocenters. The van der Waals surface area contributed by atoms with Crippen molar-refractivity contribution in [2.75, 3.05) is 33.9 Å². The Morgan fingerprint density at radius 1 is 1.13 bits per heavy atom. The van der Waals surface area contributed by atoms with Crippen LogP contribution in [-0.2, 0) is 28.0 Å². The maximum atomic E-state index is 13.0. The van der Waals surface area contributed by atoms with E-state index in [9.17, 15) is 4.79 Å².